The molecule has 0 radical (unpaired) electrons. The van der Waals surface area contributed by atoms with Crippen molar-refractivity contribution in [3.05, 3.63) is 52.4 Å². The third kappa shape index (κ3) is 3.56. The van der Waals surface area contributed by atoms with Gasteiger partial charge in [-0.25, -0.2) is 0 Å². The lowest BCUT2D eigenvalue weighted by molar-refractivity contribution is -0.0502. The second-order valence-electron chi connectivity index (χ2n) is 6.71. The van der Waals surface area contributed by atoms with E-state index in [-0.39, 0.29) is 18.1 Å². The van der Waals surface area contributed by atoms with E-state index in [4.69, 9.17) is 20.9 Å². The maximum absolute atomic E-state index is 12.2. The highest BCUT2D eigenvalue weighted by atomic mass is 35.5. The Morgan fingerprint density at radius 1 is 1.32 bits per heavy atom. The average molecular weight is 362 g/mol. The summed E-state index contributed by atoms with van der Waals surface area (Å²) < 4.78 is 11.0. The summed E-state index contributed by atoms with van der Waals surface area (Å²) in [4.78, 5) is 14.6. The Kier molecular flexibility index (Phi) is 4.50. The number of carbonyl (C=O) groups excluding carboxylic acids is 1. The largest absolute Gasteiger partial charge is 0.371 e. The zero-order chi connectivity index (χ0) is 17.4. The first-order valence-electron chi connectivity index (χ1n) is 8.44. The highest BCUT2D eigenvalue weighted by Gasteiger charge is 2.38. The van der Waals surface area contributed by atoms with Crippen LogP contribution in [0.15, 0.2) is 34.9 Å². The molecule has 2 aliphatic rings. The maximum Gasteiger partial charge on any atom is 0.273 e. The predicted molar refractivity (Wildman–Crippen MR) is 92.6 cm³/mol. The van der Waals surface area contributed by atoms with Crippen molar-refractivity contribution in [3.8, 4) is 0 Å². The fraction of sp³-hybridized carbons (Fsp3) is 0.444. The number of morpholine rings is 1. The average Bonchev–Trinajstić information content (AvgIpc) is 3.20. The second kappa shape index (κ2) is 6.78. The van der Waals surface area contributed by atoms with Crippen LogP contribution in [0.25, 0.3) is 0 Å². The van der Waals surface area contributed by atoms with Crippen molar-refractivity contribution in [2.45, 2.75) is 31.5 Å². The summed E-state index contributed by atoms with van der Waals surface area (Å²) in [5, 5.41) is 7.55. The zero-order valence-electron chi connectivity index (χ0n) is 13.9. The molecule has 3 heterocycles. The van der Waals surface area contributed by atoms with Gasteiger partial charge in [-0.2, -0.15) is 0 Å². The minimum Gasteiger partial charge on any atom is -0.371 e. The van der Waals surface area contributed by atoms with Gasteiger partial charge in [0.1, 0.15) is 5.76 Å². The van der Waals surface area contributed by atoms with Crippen LogP contribution in [-0.2, 0) is 4.74 Å². The molecule has 2 aliphatic heterocycles. The van der Waals surface area contributed by atoms with Gasteiger partial charge in [0.05, 0.1) is 12.7 Å². The number of nitrogens with zero attached hydrogens (tertiary/aromatic N) is 2. The molecule has 132 valence electrons. The summed E-state index contributed by atoms with van der Waals surface area (Å²) >= 11 is 5.96. The van der Waals surface area contributed by atoms with Crippen molar-refractivity contribution >= 4 is 17.5 Å². The number of aryl methyl sites for hydroxylation is 1. The van der Waals surface area contributed by atoms with E-state index in [0.717, 1.165) is 30.1 Å². The minimum absolute atomic E-state index is 0.0427. The SMILES string of the molecule is Cc1cc(C(=O)N[C@H]2C[C@H]3CO[C@@H](c4ccc(Cl)cc4)CN3C2)no1. The van der Waals surface area contributed by atoms with Crippen molar-refractivity contribution in [2.75, 3.05) is 19.7 Å². The van der Waals surface area contributed by atoms with E-state index in [1.165, 1.54) is 0 Å². The lowest BCUT2D eigenvalue weighted by atomic mass is 10.1. The Balaban J connectivity index is 1.36. The second-order valence-corrected chi connectivity index (χ2v) is 7.15. The molecule has 4 rings (SSSR count). The highest BCUT2D eigenvalue weighted by molar-refractivity contribution is 6.30. The van der Waals surface area contributed by atoms with Gasteiger partial charge in [-0.1, -0.05) is 28.9 Å². The minimum atomic E-state index is -0.183. The van der Waals surface area contributed by atoms with E-state index in [0.29, 0.717) is 24.1 Å². The lowest BCUT2D eigenvalue weighted by Crippen LogP contribution is -2.43. The molecule has 6 nitrogen and oxygen atoms in total. The third-order valence-electron chi connectivity index (χ3n) is 4.86. The Bertz CT molecular complexity index is 761. The summed E-state index contributed by atoms with van der Waals surface area (Å²) in [5.41, 5.74) is 1.46. The van der Waals surface area contributed by atoms with Crippen molar-refractivity contribution in [1.29, 1.82) is 0 Å². The van der Waals surface area contributed by atoms with Gasteiger partial charge in [0, 0.05) is 36.3 Å². The first kappa shape index (κ1) is 16.6. The van der Waals surface area contributed by atoms with E-state index < -0.39 is 0 Å². The van der Waals surface area contributed by atoms with E-state index in [9.17, 15) is 4.79 Å². The Morgan fingerprint density at radius 3 is 2.84 bits per heavy atom. The summed E-state index contributed by atoms with van der Waals surface area (Å²) in [6.07, 6.45) is 0.928. The first-order valence-corrected chi connectivity index (χ1v) is 8.81. The summed E-state index contributed by atoms with van der Waals surface area (Å²) in [5.74, 6) is 0.449. The number of fused-ring (bicyclic) bond motifs is 1. The number of rotatable bonds is 3. The molecule has 2 fully saturated rings. The summed E-state index contributed by atoms with van der Waals surface area (Å²) in [6.45, 7) is 4.08. The molecular formula is C18H20ClN3O3. The molecule has 0 bridgehead atoms. The molecule has 3 atom stereocenters. The van der Waals surface area contributed by atoms with E-state index >= 15 is 0 Å². The Morgan fingerprint density at radius 2 is 2.12 bits per heavy atom. The quantitative estimate of drug-likeness (QED) is 0.910. The van der Waals surface area contributed by atoms with Crippen molar-refractivity contribution in [1.82, 2.24) is 15.4 Å². The number of hydrogen-bond acceptors (Lipinski definition) is 5. The number of carbonyl (C=O) groups is 1. The number of amides is 1. The standard InChI is InChI=1S/C18H20ClN3O3/c1-11-6-16(21-25-11)18(23)20-14-7-15-10-24-17(9-22(15)8-14)12-2-4-13(19)5-3-12/h2-6,14-15,17H,7-10H2,1H3,(H,20,23)/t14-,15-,17+/m0/s1. The molecule has 2 saturated heterocycles. The van der Waals surface area contributed by atoms with Crippen molar-refractivity contribution in [3.63, 3.8) is 0 Å². The fourth-order valence-corrected chi connectivity index (χ4v) is 3.72. The van der Waals surface area contributed by atoms with Gasteiger partial charge in [-0.05, 0) is 31.0 Å². The molecule has 1 amide bonds. The van der Waals surface area contributed by atoms with Crippen molar-refractivity contribution < 1.29 is 14.1 Å². The molecule has 0 saturated carbocycles. The molecule has 25 heavy (non-hydrogen) atoms. The number of hydrogen-bond donors (Lipinski definition) is 1. The normalized spacial score (nSPS) is 26.4. The predicted octanol–water partition coefficient (Wildman–Crippen LogP) is 2.58. The summed E-state index contributed by atoms with van der Waals surface area (Å²) in [6, 6.07) is 9.89. The van der Waals surface area contributed by atoms with Crippen LogP contribution >= 0.6 is 11.6 Å². The smallest absolute Gasteiger partial charge is 0.273 e. The Labute approximate surface area is 151 Å². The van der Waals surface area contributed by atoms with Crippen LogP contribution in [0.3, 0.4) is 0 Å². The molecule has 1 N–H and O–H groups in total. The van der Waals surface area contributed by atoms with Gasteiger partial charge in [-0.15, -0.1) is 0 Å². The Hall–Kier alpha value is -1.89. The molecule has 0 aliphatic carbocycles. The molecule has 0 unspecified atom stereocenters. The molecule has 7 heteroatoms. The zero-order valence-corrected chi connectivity index (χ0v) is 14.7. The number of aromatic nitrogens is 1. The number of nitrogens with one attached hydrogen (secondary N) is 1. The molecule has 2 aromatic rings. The number of ether oxygens (including phenoxy) is 1. The van der Waals surface area contributed by atoms with Gasteiger partial charge in [0.25, 0.3) is 5.91 Å². The van der Waals surface area contributed by atoms with Gasteiger partial charge in [0.2, 0.25) is 0 Å². The van der Waals surface area contributed by atoms with Crippen LogP contribution in [0.5, 0.6) is 0 Å². The highest BCUT2D eigenvalue weighted by Crippen LogP contribution is 2.30. The fourth-order valence-electron chi connectivity index (χ4n) is 3.59. The van der Waals surface area contributed by atoms with Gasteiger partial charge >= 0.3 is 0 Å². The van der Waals surface area contributed by atoms with E-state index in [1.807, 2.05) is 24.3 Å². The molecule has 1 aromatic carbocycles. The lowest BCUT2D eigenvalue weighted by Gasteiger charge is -2.35. The summed E-state index contributed by atoms with van der Waals surface area (Å²) in [7, 11) is 0. The van der Waals surface area contributed by atoms with Crippen LogP contribution < -0.4 is 5.32 Å². The van der Waals surface area contributed by atoms with Gasteiger partial charge < -0.3 is 14.6 Å². The van der Waals surface area contributed by atoms with E-state index in [1.54, 1.807) is 13.0 Å². The molecule has 0 spiro atoms. The van der Waals surface area contributed by atoms with Crippen LogP contribution in [0.1, 0.15) is 34.3 Å². The van der Waals surface area contributed by atoms with E-state index in [2.05, 4.69) is 15.4 Å². The third-order valence-corrected chi connectivity index (χ3v) is 5.11. The number of benzene rings is 1. The number of halogens is 1. The topological polar surface area (TPSA) is 67.6 Å². The monoisotopic (exact) mass is 361 g/mol. The van der Waals surface area contributed by atoms with Crippen molar-refractivity contribution in [2.24, 2.45) is 0 Å². The van der Waals surface area contributed by atoms with Crippen LogP contribution in [0.2, 0.25) is 5.02 Å². The maximum atomic E-state index is 12.2. The van der Waals surface area contributed by atoms with Crippen LogP contribution in [0.4, 0.5) is 0 Å². The van der Waals surface area contributed by atoms with Crippen LogP contribution in [-0.4, -0.2) is 47.7 Å². The molecular weight excluding hydrogens is 342 g/mol. The van der Waals surface area contributed by atoms with Gasteiger partial charge in [-0.3, -0.25) is 9.69 Å². The van der Waals surface area contributed by atoms with Crippen LogP contribution in [0, 0.1) is 6.92 Å². The first-order chi connectivity index (χ1) is 12.1. The molecule has 1 aromatic heterocycles. The van der Waals surface area contributed by atoms with Gasteiger partial charge in [0.15, 0.2) is 5.69 Å².